The van der Waals surface area contributed by atoms with Crippen molar-refractivity contribution in [1.82, 2.24) is 20.8 Å². The van der Waals surface area contributed by atoms with Gasteiger partial charge in [-0.2, -0.15) is 0 Å². The first kappa shape index (κ1) is 13.7. The molecular weight excluding hydrogens is 246 g/mol. The van der Waals surface area contributed by atoms with Crippen molar-refractivity contribution in [2.24, 2.45) is 11.8 Å². The van der Waals surface area contributed by atoms with Crippen molar-refractivity contribution in [1.29, 1.82) is 0 Å². The first-order valence-corrected chi connectivity index (χ1v) is 6.31. The molecule has 3 N–H and O–H groups in total. The van der Waals surface area contributed by atoms with Gasteiger partial charge in [-0.15, -0.1) is 0 Å². The lowest BCUT2D eigenvalue weighted by molar-refractivity contribution is 0.0705. The smallest absolute Gasteiger partial charge is 0.277 e. The van der Waals surface area contributed by atoms with Gasteiger partial charge in [0.05, 0.1) is 5.56 Å². The summed E-state index contributed by atoms with van der Waals surface area (Å²) in [6, 6.07) is 0. The maximum absolute atomic E-state index is 11.2. The molecule has 1 fully saturated rings. The molecule has 2 unspecified atom stereocenters. The van der Waals surface area contributed by atoms with Crippen LogP contribution < -0.4 is 15.7 Å². The molecule has 2 atom stereocenters. The van der Waals surface area contributed by atoms with Crippen LogP contribution in [0.2, 0.25) is 0 Å². The van der Waals surface area contributed by atoms with E-state index in [2.05, 4.69) is 27.1 Å². The van der Waals surface area contributed by atoms with E-state index in [-0.39, 0.29) is 5.56 Å². The first-order valence-electron chi connectivity index (χ1n) is 6.31. The van der Waals surface area contributed by atoms with Gasteiger partial charge in [-0.05, 0) is 25.4 Å². The minimum atomic E-state index is -0.602. The molecule has 1 saturated heterocycles. The van der Waals surface area contributed by atoms with E-state index in [9.17, 15) is 4.79 Å². The Labute approximate surface area is 112 Å². The van der Waals surface area contributed by atoms with Crippen molar-refractivity contribution >= 4 is 11.9 Å². The van der Waals surface area contributed by atoms with Crippen LogP contribution in [0.1, 0.15) is 17.3 Å². The van der Waals surface area contributed by atoms with Crippen LogP contribution in [-0.2, 0) is 0 Å². The molecule has 104 valence electrons. The Balaban J connectivity index is 2.05. The largest absolute Gasteiger partial charge is 0.340 e. The summed E-state index contributed by atoms with van der Waals surface area (Å²) in [6.07, 6.45) is 2.84. The van der Waals surface area contributed by atoms with Crippen LogP contribution in [0, 0.1) is 11.8 Å². The van der Waals surface area contributed by atoms with Gasteiger partial charge >= 0.3 is 0 Å². The third-order valence-corrected chi connectivity index (χ3v) is 3.52. The number of rotatable bonds is 4. The minimum Gasteiger partial charge on any atom is -0.340 e. The molecule has 2 heterocycles. The van der Waals surface area contributed by atoms with Crippen LogP contribution in [-0.4, -0.2) is 47.8 Å². The number of hydroxylamine groups is 1. The van der Waals surface area contributed by atoms with E-state index in [0.717, 1.165) is 19.6 Å². The Bertz CT molecular complexity index is 436. The zero-order valence-electron chi connectivity index (χ0n) is 11.1. The van der Waals surface area contributed by atoms with E-state index in [0.29, 0.717) is 17.8 Å². The highest BCUT2D eigenvalue weighted by atomic mass is 16.5. The predicted octanol–water partition coefficient (Wildman–Crippen LogP) is -0.113. The number of hydrogen-bond acceptors (Lipinski definition) is 6. The fourth-order valence-corrected chi connectivity index (χ4v) is 2.39. The van der Waals surface area contributed by atoms with Crippen molar-refractivity contribution in [2.45, 2.75) is 6.92 Å². The fraction of sp³-hybridized carbons (Fsp3) is 0.583. The Morgan fingerprint density at radius 2 is 2.16 bits per heavy atom. The van der Waals surface area contributed by atoms with E-state index in [1.807, 2.05) is 7.05 Å². The van der Waals surface area contributed by atoms with E-state index in [1.54, 1.807) is 5.48 Å². The summed E-state index contributed by atoms with van der Waals surface area (Å²) in [5.41, 5.74) is 1.80. The highest BCUT2D eigenvalue weighted by Gasteiger charge is 2.30. The molecule has 0 radical (unpaired) electrons. The molecule has 0 aromatic carbocycles. The molecule has 1 aromatic rings. The van der Waals surface area contributed by atoms with E-state index >= 15 is 0 Å². The van der Waals surface area contributed by atoms with Crippen molar-refractivity contribution in [3.63, 3.8) is 0 Å². The summed E-state index contributed by atoms with van der Waals surface area (Å²) in [5, 5.41) is 11.7. The van der Waals surface area contributed by atoms with Gasteiger partial charge < -0.3 is 10.2 Å². The second kappa shape index (κ2) is 5.94. The summed E-state index contributed by atoms with van der Waals surface area (Å²) in [5.74, 6) is 1.18. The third-order valence-electron chi connectivity index (χ3n) is 3.52. The fourth-order valence-electron chi connectivity index (χ4n) is 2.39. The molecule has 0 aliphatic carbocycles. The SMILES string of the molecule is CNCC1CN(c2ncc(C(=O)NO)cn2)CC1C. The third kappa shape index (κ3) is 2.99. The monoisotopic (exact) mass is 265 g/mol. The maximum Gasteiger partial charge on any atom is 0.277 e. The second-order valence-electron chi connectivity index (χ2n) is 4.91. The van der Waals surface area contributed by atoms with Gasteiger partial charge in [0.2, 0.25) is 5.95 Å². The van der Waals surface area contributed by atoms with Crippen LogP contribution >= 0.6 is 0 Å². The highest BCUT2D eigenvalue weighted by Crippen LogP contribution is 2.25. The molecule has 0 bridgehead atoms. The number of nitrogens with one attached hydrogen (secondary N) is 2. The molecule has 0 saturated carbocycles. The van der Waals surface area contributed by atoms with Crippen LogP contribution in [0.25, 0.3) is 0 Å². The van der Waals surface area contributed by atoms with Crippen molar-refractivity contribution in [3.05, 3.63) is 18.0 Å². The van der Waals surface area contributed by atoms with Gasteiger partial charge in [0.1, 0.15) is 0 Å². The number of hydrogen-bond donors (Lipinski definition) is 3. The van der Waals surface area contributed by atoms with Crippen LogP contribution in [0.4, 0.5) is 5.95 Å². The average Bonchev–Trinajstić information content (AvgIpc) is 2.80. The number of nitrogens with zero attached hydrogens (tertiary/aromatic N) is 3. The van der Waals surface area contributed by atoms with Gasteiger partial charge in [-0.25, -0.2) is 15.4 Å². The quantitative estimate of drug-likeness (QED) is 0.520. The normalized spacial score (nSPS) is 22.6. The van der Waals surface area contributed by atoms with Crippen LogP contribution in [0.15, 0.2) is 12.4 Å². The molecule has 1 amide bonds. The lowest BCUT2D eigenvalue weighted by Crippen LogP contribution is -2.26. The predicted molar refractivity (Wildman–Crippen MR) is 70.1 cm³/mol. The van der Waals surface area contributed by atoms with E-state index < -0.39 is 5.91 Å². The van der Waals surface area contributed by atoms with Gasteiger partial charge in [0, 0.05) is 25.5 Å². The van der Waals surface area contributed by atoms with Gasteiger partial charge in [0.25, 0.3) is 5.91 Å². The summed E-state index contributed by atoms with van der Waals surface area (Å²) in [6.45, 7) is 5.02. The Kier molecular flexibility index (Phi) is 4.28. The van der Waals surface area contributed by atoms with Crippen molar-refractivity contribution in [3.8, 4) is 0 Å². The molecule has 1 aliphatic rings. The zero-order valence-corrected chi connectivity index (χ0v) is 11.1. The minimum absolute atomic E-state index is 0.241. The Morgan fingerprint density at radius 1 is 1.47 bits per heavy atom. The molecule has 2 rings (SSSR count). The average molecular weight is 265 g/mol. The highest BCUT2D eigenvalue weighted by molar-refractivity contribution is 5.92. The molecule has 1 aromatic heterocycles. The molecule has 7 nitrogen and oxygen atoms in total. The number of amides is 1. The number of aromatic nitrogens is 2. The lowest BCUT2D eigenvalue weighted by atomic mass is 9.98. The Hall–Kier alpha value is -1.73. The molecule has 19 heavy (non-hydrogen) atoms. The maximum atomic E-state index is 11.2. The van der Waals surface area contributed by atoms with E-state index in [4.69, 9.17) is 5.21 Å². The summed E-state index contributed by atoms with van der Waals surface area (Å²) in [4.78, 5) is 21.7. The topological polar surface area (TPSA) is 90.4 Å². The second-order valence-corrected chi connectivity index (χ2v) is 4.91. The number of carbonyl (C=O) groups excluding carboxylic acids is 1. The zero-order chi connectivity index (χ0) is 13.8. The summed E-state index contributed by atoms with van der Waals surface area (Å²) < 4.78 is 0. The van der Waals surface area contributed by atoms with Crippen molar-refractivity contribution < 1.29 is 10.0 Å². The van der Waals surface area contributed by atoms with Crippen molar-refractivity contribution in [2.75, 3.05) is 31.6 Å². The first-order chi connectivity index (χ1) is 9.15. The molecular formula is C12H19N5O2. The molecule has 0 spiro atoms. The molecule has 1 aliphatic heterocycles. The van der Waals surface area contributed by atoms with Gasteiger partial charge in [-0.1, -0.05) is 6.92 Å². The molecule has 7 heteroatoms. The number of anilines is 1. The summed E-state index contributed by atoms with van der Waals surface area (Å²) >= 11 is 0. The Morgan fingerprint density at radius 3 is 2.74 bits per heavy atom. The standard InChI is InChI=1S/C12H19N5O2/c1-8-6-17(7-10(8)3-13-2)12-14-4-9(5-15-12)11(18)16-19/h4-5,8,10,13,19H,3,6-7H2,1-2H3,(H,16,18). The van der Waals surface area contributed by atoms with E-state index in [1.165, 1.54) is 12.4 Å². The van der Waals surface area contributed by atoms with Gasteiger partial charge in [0.15, 0.2) is 0 Å². The number of carbonyl (C=O) groups is 1. The van der Waals surface area contributed by atoms with Gasteiger partial charge in [-0.3, -0.25) is 10.0 Å². The van der Waals surface area contributed by atoms with Crippen LogP contribution in [0.5, 0.6) is 0 Å². The lowest BCUT2D eigenvalue weighted by Gasteiger charge is -2.16. The summed E-state index contributed by atoms with van der Waals surface area (Å²) in [7, 11) is 1.95. The van der Waals surface area contributed by atoms with Crippen LogP contribution in [0.3, 0.4) is 0 Å².